The minimum absolute atomic E-state index is 0.205. The highest BCUT2D eigenvalue weighted by molar-refractivity contribution is 5.75. The van der Waals surface area contributed by atoms with Crippen LogP contribution >= 0.6 is 0 Å². The van der Waals surface area contributed by atoms with Crippen LogP contribution in [0.3, 0.4) is 0 Å². The quantitative estimate of drug-likeness (QED) is 0.826. The Morgan fingerprint density at radius 2 is 2.14 bits per heavy atom. The van der Waals surface area contributed by atoms with Crippen LogP contribution in [0.2, 0.25) is 0 Å². The number of amides is 1. The van der Waals surface area contributed by atoms with Gasteiger partial charge in [0.05, 0.1) is 0 Å². The molecule has 21 heavy (non-hydrogen) atoms. The van der Waals surface area contributed by atoms with E-state index in [1.54, 1.807) is 6.20 Å². The van der Waals surface area contributed by atoms with Gasteiger partial charge in [-0.25, -0.2) is 0 Å². The predicted octanol–water partition coefficient (Wildman–Crippen LogP) is 3.91. The van der Waals surface area contributed by atoms with Crippen molar-refractivity contribution in [3.05, 3.63) is 30.1 Å². The van der Waals surface area contributed by atoms with Crippen molar-refractivity contribution in [2.24, 2.45) is 11.8 Å². The maximum Gasteiger partial charge on any atom is 0.220 e. The molecule has 1 saturated carbocycles. The molecule has 0 unspecified atom stereocenters. The fraction of sp³-hybridized carbons (Fsp3) is 0.667. The molecule has 1 amide bonds. The average molecular weight is 288 g/mol. The molecule has 1 N–H and O–H groups in total. The molecule has 0 aromatic carbocycles. The average Bonchev–Trinajstić information content (AvgIpc) is 2.99. The van der Waals surface area contributed by atoms with E-state index < -0.39 is 0 Å². The summed E-state index contributed by atoms with van der Waals surface area (Å²) in [5.41, 5.74) is 1.21. The summed E-state index contributed by atoms with van der Waals surface area (Å²) in [4.78, 5) is 16.2. The summed E-state index contributed by atoms with van der Waals surface area (Å²) < 4.78 is 0. The normalized spacial score (nSPS) is 17.1. The maximum atomic E-state index is 12.0. The Balaban J connectivity index is 1.77. The molecule has 0 bridgehead atoms. The van der Waals surface area contributed by atoms with Crippen molar-refractivity contribution in [2.75, 3.05) is 6.54 Å². The zero-order valence-electron chi connectivity index (χ0n) is 13.3. The Hall–Kier alpha value is -1.38. The topological polar surface area (TPSA) is 42.0 Å². The number of hydrogen-bond donors (Lipinski definition) is 1. The number of aromatic nitrogens is 1. The second kappa shape index (κ2) is 8.16. The highest BCUT2D eigenvalue weighted by atomic mass is 16.1. The van der Waals surface area contributed by atoms with Crippen molar-refractivity contribution in [3.63, 3.8) is 0 Å². The number of rotatable bonds is 7. The van der Waals surface area contributed by atoms with Crippen LogP contribution in [-0.4, -0.2) is 17.4 Å². The Labute approximate surface area is 128 Å². The van der Waals surface area contributed by atoms with Crippen LogP contribution < -0.4 is 5.32 Å². The van der Waals surface area contributed by atoms with Gasteiger partial charge < -0.3 is 5.32 Å². The van der Waals surface area contributed by atoms with Crippen molar-refractivity contribution in [3.8, 4) is 0 Å². The highest BCUT2D eigenvalue weighted by Gasteiger charge is 2.19. The second-order valence-corrected chi connectivity index (χ2v) is 6.63. The Morgan fingerprint density at radius 1 is 1.38 bits per heavy atom. The number of pyridine rings is 1. The molecule has 1 heterocycles. The van der Waals surface area contributed by atoms with Crippen molar-refractivity contribution in [2.45, 2.75) is 58.3 Å². The number of hydrogen-bond acceptors (Lipinski definition) is 2. The third-order valence-electron chi connectivity index (χ3n) is 4.69. The van der Waals surface area contributed by atoms with Crippen LogP contribution in [0.1, 0.15) is 63.9 Å². The maximum absolute atomic E-state index is 12.0. The third kappa shape index (κ3) is 5.14. The smallest absolute Gasteiger partial charge is 0.220 e. The molecule has 1 aromatic heterocycles. The van der Waals surface area contributed by atoms with E-state index in [2.05, 4.69) is 30.2 Å². The fourth-order valence-corrected chi connectivity index (χ4v) is 3.28. The van der Waals surface area contributed by atoms with Gasteiger partial charge in [-0.15, -0.1) is 0 Å². The summed E-state index contributed by atoms with van der Waals surface area (Å²) >= 11 is 0. The van der Waals surface area contributed by atoms with Gasteiger partial charge in [-0.3, -0.25) is 9.78 Å². The van der Waals surface area contributed by atoms with Gasteiger partial charge in [0, 0.05) is 31.3 Å². The van der Waals surface area contributed by atoms with Gasteiger partial charge in [0.2, 0.25) is 5.91 Å². The van der Waals surface area contributed by atoms with Crippen LogP contribution in [-0.2, 0) is 4.79 Å². The van der Waals surface area contributed by atoms with E-state index in [1.807, 2.05) is 12.3 Å². The SMILES string of the molecule is CC(C)[C@H](CNC(=O)CCC1CCCC1)c1cccnc1. The molecule has 1 fully saturated rings. The Bertz CT molecular complexity index is 424. The molecule has 0 radical (unpaired) electrons. The summed E-state index contributed by atoms with van der Waals surface area (Å²) in [5, 5.41) is 3.12. The number of nitrogens with zero attached hydrogens (tertiary/aromatic N) is 1. The number of carbonyl (C=O) groups excluding carboxylic acids is 1. The van der Waals surface area contributed by atoms with E-state index in [0.29, 0.717) is 24.8 Å². The monoisotopic (exact) mass is 288 g/mol. The van der Waals surface area contributed by atoms with E-state index >= 15 is 0 Å². The van der Waals surface area contributed by atoms with Crippen molar-refractivity contribution in [1.29, 1.82) is 0 Å². The first-order valence-corrected chi connectivity index (χ1v) is 8.33. The van der Waals surface area contributed by atoms with E-state index in [4.69, 9.17) is 0 Å². The van der Waals surface area contributed by atoms with Crippen LogP contribution in [0.25, 0.3) is 0 Å². The lowest BCUT2D eigenvalue weighted by molar-refractivity contribution is -0.121. The predicted molar refractivity (Wildman–Crippen MR) is 86.0 cm³/mol. The minimum Gasteiger partial charge on any atom is -0.355 e. The van der Waals surface area contributed by atoms with Crippen molar-refractivity contribution in [1.82, 2.24) is 10.3 Å². The Morgan fingerprint density at radius 3 is 2.76 bits per heavy atom. The van der Waals surface area contributed by atoms with Gasteiger partial charge in [0.1, 0.15) is 0 Å². The summed E-state index contributed by atoms with van der Waals surface area (Å²) in [5.74, 6) is 1.82. The van der Waals surface area contributed by atoms with Crippen molar-refractivity contribution < 1.29 is 4.79 Å². The van der Waals surface area contributed by atoms with Gasteiger partial charge >= 0.3 is 0 Å². The molecule has 2 rings (SSSR count). The number of carbonyl (C=O) groups is 1. The lowest BCUT2D eigenvalue weighted by Crippen LogP contribution is -2.30. The minimum atomic E-state index is 0.205. The highest BCUT2D eigenvalue weighted by Crippen LogP contribution is 2.28. The number of nitrogens with one attached hydrogen (secondary N) is 1. The van der Waals surface area contributed by atoms with Crippen LogP contribution in [0, 0.1) is 11.8 Å². The molecular formula is C18H28N2O. The van der Waals surface area contributed by atoms with E-state index in [9.17, 15) is 4.79 Å². The molecular weight excluding hydrogens is 260 g/mol. The van der Waals surface area contributed by atoms with Gasteiger partial charge in [0.15, 0.2) is 0 Å². The molecule has 0 spiro atoms. The molecule has 3 heteroatoms. The molecule has 0 aliphatic heterocycles. The molecule has 3 nitrogen and oxygen atoms in total. The van der Waals surface area contributed by atoms with E-state index in [0.717, 1.165) is 12.3 Å². The zero-order chi connectivity index (χ0) is 15.1. The first kappa shape index (κ1) is 16.0. The van der Waals surface area contributed by atoms with Crippen LogP contribution in [0.15, 0.2) is 24.5 Å². The van der Waals surface area contributed by atoms with E-state index in [1.165, 1.54) is 31.2 Å². The Kier molecular flexibility index (Phi) is 6.21. The third-order valence-corrected chi connectivity index (χ3v) is 4.69. The first-order valence-electron chi connectivity index (χ1n) is 8.33. The van der Waals surface area contributed by atoms with E-state index in [-0.39, 0.29) is 5.91 Å². The van der Waals surface area contributed by atoms with Gasteiger partial charge in [0.25, 0.3) is 0 Å². The largest absolute Gasteiger partial charge is 0.355 e. The molecule has 116 valence electrons. The van der Waals surface area contributed by atoms with Gasteiger partial charge in [-0.05, 0) is 29.9 Å². The lowest BCUT2D eigenvalue weighted by Gasteiger charge is -2.21. The molecule has 1 aliphatic rings. The summed E-state index contributed by atoms with van der Waals surface area (Å²) in [6, 6.07) is 4.06. The molecule has 1 aromatic rings. The van der Waals surface area contributed by atoms with Crippen LogP contribution in [0.5, 0.6) is 0 Å². The summed E-state index contributed by atoms with van der Waals surface area (Å²) in [7, 11) is 0. The van der Waals surface area contributed by atoms with Crippen molar-refractivity contribution >= 4 is 5.91 Å². The summed E-state index contributed by atoms with van der Waals surface area (Å²) in [6.45, 7) is 5.11. The zero-order valence-corrected chi connectivity index (χ0v) is 13.3. The van der Waals surface area contributed by atoms with Crippen LogP contribution in [0.4, 0.5) is 0 Å². The molecule has 0 saturated heterocycles. The van der Waals surface area contributed by atoms with Gasteiger partial charge in [-0.1, -0.05) is 45.6 Å². The van der Waals surface area contributed by atoms with Gasteiger partial charge in [-0.2, -0.15) is 0 Å². The summed E-state index contributed by atoms with van der Waals surface area (Å²) in [6.07, 6.45) is 10.8. The lowest BCUT2D eigenvalue weighted by atomic mass is 9.89. The molecule has 1 aliphatic carbocycles. The first-order chi connectivity index (χ1) is 10.2. The molecule has 1 atom stereocenters. The second-order valence-electron chi connectivity index (χ2n) is 6.63. The fourth-order valence-electron chi connectivity index (χ4n) is 3.28. The standard InChI is InChI=1S/C18H28N2O/c1-14(2)17(16-8-5-11-19-12-16)13-20-18(21)10-9-15-6-3-4-7-15/h5,8,11-12,14-15,17H,3-4,6-7,9-10,13H2,1-2H3,(H,20,21)/t17-/m0/s1.